The highest BCUT2D eigenvalue weighted by Gasteiger charge is 2.17. The number of hydrogen-bond donors (Lipinski definition) is 2. The molecule has 0 aliphatic carbocycles. The van der Waals surface area contributed by atoms with Crippen LogP contribution in [-0.2, 0) is 6.61 Å². The molecule has 4 aromatic rings. The maximum Gasteiger partial charge on any atom is 0.229 e. The number of aromatic amines is 1. The molecule has 0 saturated heterocycles. The molecule has 2 N–H and O–H groups in total. The van der Waals surface area contributed by atoms with Crippen molar-refractivity contribution in [3.05, 3.63) is 87.2 Å². The number of nitrogens with zero attached hydrogens (tertiary/aromatic N) is 1. The maximum absolute atomic E-state index is 14.0. The van der Waals surface area contributed by atoms with Gasteiger partial charge >= 0.3 is 0 Å². The fourth-order valence-corrected chi connectivity index (χ4v) is 3.28. The van der Waals surface area contributed by atoms with Crippen LogP contribution in [-0.4, -0.2) is 15.1 Å². The number of hydrogen-bond acceptors (Lipinski definition) is 4. The SMILES string of the molecule is Cc1[nH]c(-c2cc3ccccc3nc2Oc2ccc(F)c(F)c2C)cc(=O)c1CO. The molecular weight excluding hydrogens is 390 g/mol. The average Bonchev–Trinajstić information content (AvgIpc) is 2.73. The number of aliphatic hydroxyl groups excluding tert-OH is 1. The van der Waals surface area contributed by atoms with Crippen molar-refractivity contribution < 1.29 is 18.6 Å². The van der Waals surface area contributed by atoms with Gasteiger partial charge in [-0.15, -0.1) is 0 Å². The summed E-state index contributed by atoms with van der Waals surface area (Å²) >= 11 is 0. The molecular formula is C23H18F2N2O3. The zero-order valence-corrected chi connectivity index (χ0v) is 16.3. The van der Waals surface area contributed by atoms with Gasteiger partial charge in [-0.1, -0.05) is 18.2 Å². The summed E-state index contributed by atoms with van der Waals surface area (Å²) in [5.74, 6) is -1.71. The van der Waals surface area contributed by atoms with Gasteiger partial charge in [0.1, 0.15) is 5.75 Å². The Kier molecular flexibility index (Phi) is 5.05. The predicted octanol–water partition coefficient (Wildman–Crippen LogP) is 4.77. The van der Waals surface area contributed by atoms with Crippen LogP contribution in [0.3, 0.4) is 0 Å². The molecule has 5 nitrogen and oxygen atoms in total. The fraction of sp³-hybridized carbons (Fsp3) is 0.130. The predicted molar refractivity (Wildman–Crippen MR) is 110 cm³/mol. The van der Waals surface area contributed by atoms with E-state index >= 15 is 0 Å². The third-order valence-electron chi connectivity index (χ3n) is 4.98. The number of nitrogens with one attached hydrogen (secondary N) is 1. The highest BCUT2D eigenvalue weighted by molar-refractivity contribution is 5.85. The van der Waals surface area contributed by atoms with Gasteiger partial charge in [-0.3, -0.25) is 4.79 Å². The van der Waals surface area contributed by atoms with Gasteiger partial charge in [0.15, 0.2) is 17.1 Å². The molecule has 7 heteroatoms. The number of aromatic nitrogens is 2. The second kappa shape index (κ2) is 7.68. The minimum absolute atomic E-state index is 0.0104. The Labute approximate surface area is 170 Å². The van der Waals surface area contributed by atoms with Crippen LogP contribution in [0.2, 0.25) is 0 Å². The molecule has 0 amide bonds. The van der Waals surface area contributed by atoms with E-state index in [-0.39, 0.29) is 34.8 Å². The van der Waals surface area contributed by atoms with Crippen LogP contribution in [0.1, 0.15) is 16.8 Å². The van der Waals surface area contributed by atoms with Gasteiger partial charge in [-0.05, 0) is 38.1 Å². The quantitative estimate of drug-likeness (QED) is 0.510. The fourth-order valence-electron chi connectivity index (χ4n) is 3.28. The summed E-state index contributed by atoms with van der Waals surface area (Å²) in [7, 11) is 0. The van der Waals surface area contributed by atoms with Crippen molar-refractivity contribution in [2.45, 2.75) is 20.5 Å². The molecule has 0 atom stereocenters. The van der Waals surface area contributed by atoms with Crippen molar-refractivity contribution in [1.29, 1.82) is 0 Å². The van der Waals surface area contributed by atoms with E-state index in [4.69, 9.17) is 4.74 Å². The Bertz CT molecular complexity index is 1330. The molecule has 0 saturated carbocycles. The maximum atomic E-state index is 14.0. The smallest absolute Gasteiger partial charge is 0.229 e. The van der Waals surface area contributed by atoms with Gasteiger partial charge < -0.3 is 14.8 Å². The Morgan fingerprint density at radius 2 is 1.87 bits per heavy atom. The van der Waals surface area contributed by atoms with Crippen LogP contribution in [0.15, 0.2) is 53.3 Å². The third-order valence-corrected chi connectivity index (χ3v) is 4.98. The highest BCUT2D eigenvalue weighted by Crippen LogP contribution is 2.35. The topological polar surface area (TPSA) is 75.2 Å². The lowest BCUT2D eigenvalue weighted by Gasteiger charge is -2.15. The van der Waals surface area contributed by atoms with Crippen LogP contribution in [0, 0.1) is 25.5 Å². The van der Waals surface area contributed by atoms with Gasteiger partial charge in [-0.2, -0.15) is 0 Å². The van der Waals surface area contributed by atoms with Gasteiger partial charge in [0.2, 0.25) is 5.88 Å². The van der Waals surface area contributed by atoms with Crippen LogP contribution in [0.25, 0.3) is 22.2 Å². The third kappa shape index (κ3) is 3.44. The molecule has 0 radical (unpaired) electrons. The number of benzene rings is 2. The summed E-state index contributed by atoms with van der Waals surface area (Å²) in [4.78, 5) is 20.0. The largest absolute Gasteiger partial charge is 0.438 e. The first kappa shape index (κ1) is 19.7. The molecule has 4 rings (SSSR count). The first-order chi connectivity index (χ1) is 14.4. The normalized spacial score (nSPS) is 11.1. The lowest BCUT2D eigenvalue weighted by atomic mass is 10.1. The van der Waals surface area contributed by atoms with Crippen molar-refractivity contribution in [2.24, 2.45) is 0 Å². The number of aryl methyl sites for hydroxylation is 1. The Morgan fingerprint density at radius 3 is 2.60 bits per heavy atom. The van der Waals surface area contributed by atoms with Gasteiger partial charge in [-0.25, -0.2) is 13.8 Å². The van der Waals surface area contributed by atoms with E-state index in [0.717, 1.165) is 11.5 Å². The van der Waals surface area contributed by atoms with Crippen molar-refractivity contribution in [3.8, 4) is 22.9 Å². The van der Waals surface area contributed by atoms with Crippen molar-refractivity contribution in [3.63, 3.8) is 0 Å². The van der Waals surface area contributed by atoms with Gasteiger partial charge in [0.25, 0.3) is 0 Å². The number of ether oxygens (including phenoxy) is 1. The van der Waals surface area contributed by atoms with Crippen molar-refractivity contribution in [2.75, 3.05) is 0 Å². The van der Waals surface area contributed by atoms with Crippen LogP contribution < -0.4 is 10.2 Å². The van der Waals surface area contributed by atoms with E-state index < -0.39 is 11.6 Å². The molecule has 2 aromatic carbocycles. The molecule has 152 valence electrons. The van der Waals surface area contributed by atoms with Crippen LogP contribution in [0.4, 0.5) is 8.78 Å². The molecule has 0 spiro atoms. The Morgan fingerprint density at radius 1 is 1.10 bits per heavy atom. The summed E-state index contributed by atoms with van der Waals surface area (Å²) in [5.41, 5.74) is 2.02. The molecule has 2 aromatic heterocycles. The van der Waals surface area contributed by atoms with Gasteiger partial charge in [0.05, 0.1) is 23.4 Å². The second-order valence-electron chi connectivity index (χ2n) is 6.93. The number of fused-ring (bicyclic) bond motifs is 1. The van der Waals surface area contributed by atoms with Crippen LogP contribution in [0.5, 0.6) is 11.6 Å². The summed E-state index contributed by atoms with van der Waals surface area (Å²) in [5, 5.41) is 10.2. The van der Waals surface area contributed by atoms with E-state index in [1.165, 1.54) is 19.1 Å². The summed E-state index contributed by atoms with van der Waals surface area (Å²) in [6.07, 6.45) is 0. The highest BCUT2D eigenvalue weighted by atomic mass is 19.2. The number of rotatable bonds is 4. The standard InChI is InChI=1S/C23H18F2N2O3/c1-12-21(8-7-17(24)22(12)25)30-23-15(9-14-5-3-4-6-18(14)27-23)19-10-20(29)16(11-28)13(2)26-19/h3-10,28H,11H2,1-2H3,(H,26,29). The number of H-pyrrole nitrogens is 1. The van der Waals surface area contributed by atoms with Gasteiger partial charge in [0, 0.05) is 28.3 Å². The number of pyridine rings is 2. The zero-order valence-electron chi connectivity index (χ0n) is 16.3. The molecule has 30 heavy (non-hydrogen) atoms. The van der Waals surface area contributed by atoms with E-state index in [9.17, 15) is 18.7 Å². The molecule has 0 unspecified atom stereocenters. The van der Waals surface area contributed by atoms with Crippen LogP contribution >= 0.6 is 0 Å². The first-order valence-corrected chi connectivity index (χ1v) is 9.25. The zero-order chi connectivity index (χ0) is 21.4. The minimum Gasteiger partial charge on any atom is -0.438 e. The number of para-hydroxylation sites is 1. The molecule has 0 aliphatic heterocycles. The molecule has 0 fully saturated rings. The van der Waals surface area contributed by atoms with E-state index in [2.05, 4.69) is 9.97 Å². The lowest BCUT2D eigenvalue weighted by Crippen LogP contribution is -2.12. The molecule has 0 aliphatic rings. The summed E-state index contributed by atoms with van der Waals surface area (Å²) < 4.78 is 33.4. The van der Waals surface area contributed by atoms with E-state index in [1.807, 2.05) is 18.2 Å². The van der Waals surface area contributed by atoms with Crippen molar-refractivity contribution >= 4 is 10.9 Å². The number of halogens is 2. The molecule has 2 heterocycles. The molecule has 0 bridgehead atoms. The average molecular weight is 408 g/mol. The summed E-state index contributed by atoms with van der Waals surface area (Å²) in [6, 6.07) is 12.8. The van der Waals surface area contributed by atoms with E-state index in [1.54, 1.807) is 19.1 Å². The van der Waals surface area contributed by atoms with Crippen molar-refractivity contribution in [1.82, 2.24) is 9.97 Å². The lowest BCUT2D eigenvalue weighted by molar-refractivity contribution is 0.279. The summed E-state index contributed by atoms with van der Waals surface area (Å²) in [6.45, 7) is 2.72. The van der Waals surface area contributed by atoms with E-state index in [0.29, 0.717) is 22.5 Å². The monoisotopic (exact) mass is 408 g/mol. The minimum atomic E-state index is -0.994. The Balaban J connectivity index is 1.93. The first-order valence-electron chi connectivity index (χ1n) is 9.25. The second-order valence-corrected chi connectivity index (χ2v) is 6.93. The number of aliphatic hydroxyl groups is 1. The Hall–Kier alpha value is -3.58.